The summed E-state index contributed by atoms with van der Waals surface area (Å²) in [6, 6.07) is 10.4. The van der Waals surface area contributed by atoms with E-state index in [0.717, 1.165) is 44.8 Å². The van der Waals surface area contributed by atoms with E-state index in [-0.39, 0.29) is 0 Å². The van der Waals surface area contributed by atoms with Crippen LogP contribution in [0.25, 0.3) is 0 Å². The molecule has 0 heterocycles. The topological polar surface area (TPSA) is 30.5 Å². The van der Waals surface area contributed by atoms with Crippen molar-refractivity contribution in [2.24, 2.45) is 0 Å². The van der Waals surface area contributed by atoms with E-state index < -0.39 is 0 Å². The number of unbranched alkanes of at least 4 members (excludes halogenated alkanes) is 1. The van der Waals surface area contributed by atoms with Gasteiger partial charge in [-0.15, -0.1) is 0 Å². The van der Waals surface area contributed by atoms with Crippen molar-refractivity contribution in [3.8, 4) is 5.75 Å². The van der Waals surface area contributed by atoms with E-state index in [1.807, 2.05) is 30.3 Å². The molecule has 0 saturated carbocycles. The van der Waals surface area contributed by atoms with Gasteiger partial charge in [0.2, 0.25) is 0 Å². The molecule has 1 aromatic rings. The monoisotopic (exact) mass is 251 g/mol. The number of hydrogen-bond donors (Lipinski definition) is 1. The minimum atomic E-state index is 0.469. The van der Waals surface area contributed by atoms with Gasteiger partial charge >= 0.3 is 0 Å². The summed E-state index contributed by atoms with van der Waals surface area (Å²) < 4.78 is 10.8. The number of likely N-dealkylation sites (N-methyl/N-ethyl adjacent to an activating group) is 1. The van der Waals surface area contributed by atoms with E-state index >= 15 is 0 Å². The fourth-order valence-corrected chi connectivity index (χ4v) is 1.93. The Morgan fingerprint density at radius 1 is 1.17 bits per heavy atom. The molecular formula is C15H25NO2. The lowest BCUT2D eigenvalue weighted by molar-refractivity contribution is 0.161. The molecule has 0 aliphatic heterocycles. The molecule has 0 spiro atoms. The summed E-state index contributed by atoms with van der Waals surface area (Å²) in [7, 11) is 1.75. The van der Waals surface area contributed by atoms with Crippen LogP contribution < -0.4 is 10.1 Å². The molecule has 0 aliphatic rings. The summed E-state index contributed by atoms with van der Waals surface area (Å²) in [5.41, 5.74) is 0. The highest BCUT2D eigenvalue weighted by Crippen LogP contribution is 2.09. The van der Waals surface area contributed by atoms with Gasteiger partial charge < -0.3 is 14.8 Å². The van der Waals surface area contributed by atoms with Gasteiger partial charge in [0.15, 0.2) is 0 Å². The van der Waals surface area contributed by atoms with Crippen LogP contribution in [-0.4, -0.2) is 32.9 Å². The van der Waals surface area contributed by atoms with Gasteiger partial charge in [-0.2, -0.15) is 0 Å². The number of para-hydroxylation sites is 1. The largest absolute Gasteiger partial charge is 0.494 e. The van der Waals surface area contributed by atoms with E-state index in [1.165, 1.54) is 0 Å². The first-order valence-corrected chi connectivity index (χ1v) is 6.77. The number of rotatable bonds is 10. The van der Waals surface area contributed by atoms with Crippen molar-refractivity contribution in [3.63, 3.8) is 0 Å². The second-order valence-corrected chi connectivity index (χ2v) is 4.37. The van der Waals surface area contributed by atoms with Crippen molar-refractivity contribution in [1.29, 1.82) is 0 Å². The van der Waals surface area contributed by atoms with Gasteiger partial charge in [-0.1, -0.05) is 25.1 Å². The van der Waals surface area contributed by atoms with Crippen LogP contribution in [0.1, 0.15) is 26.2 Å². The minimum absolute atomic E-state index is 0.469. The SMILES string of the molecule is CCNC(CCCCOc1ccccc1)COC. The molecule has 0 bridgehead atoms. The molecule has 0 radical (unpaired) electrons. The predicted molar refractivity (Wildman–Crippen MR) is 75.1 cm³/mol. The molecule has 1 atom stereocenters. The summed E-state index contributed by atoms with van der Waals surface area (Å²) in [5.74, 6) is 0.956. The van der Waals surface area contributed by atoms with Crippen LogP contribution in [0.15, 0.2) is 30.3 Å². The van der Waals surface area contributed by atoms with Crippen LogP contribution in [0.4, 0.5) is 0 Å². The quantitative estimate of drug-likeness (QED) is 0.649. The number of methoxy groups -OCH3 is 1. The molecule has 0 amide bonds. The Hall–Kier alpha value is -1.06. The van der Waals surface area contributed by atoms with E-state index in [9.17, 15) is 0 Å². The Morgan fingerprint density at radius 2 is 1.94 bits per heavy atom. The Balaban J connectivity index is 2.06. The summed E-state index contributed by atoms with van der Waals surface area (Å²) in [6.07, 6.45) is 3.38. The Morgan fingerprint density at radius 3 is 2.61 bits per heavy atom. The van der Waals surface area contributed by atoms with Crippen LogP contribution in [-0.2, 0) is 4.74 Å². The average molecular weight is 251 g/mol. The molecule has 1 N–H and O–H groups in total. The van der Waals surface area contributed by atoms with Crippen molar-refractivity contribution in [1.82, 2.24) is 5.32 Å². The van der Waals surface area contributed by atoms with Crippen molar-refractivity contribution < 1.29 is 9.47 Å². The molecule has 18 heavy (non-hydrogen) atoms. The molecule has 3 nitrogen and oxygen atoms in total. The van der Waals surface area contributed by atoms with E-state index in [0.29, 0.717) is 6.04 Å². The molecule has 1 unspecified atom stereocenters. The summed E-state index contributed by atoms with van der Waals surface area (Å²) >= 11 is 0. The predicted octanol–water partition coefficient (Wildman–Crippen LogP) is 2.86. The second-order valence-electron chi connectivity index (χ2n) is 4.37. The maximum atomic E-state index is 5.66. The van der Waals surface area contributed by atoms with Crippen LogP contribution in [0.2, 0.25) is 0 Å². The lowest BCUT2D eigenvalue weighted by Gasteiger charge is -2.16. The first-order valence-electron chi connectivity index (χ1n) is 6.77. The molecule has 1 aromatic carbocycles. The summed E-state index contributed by atoms with van der Waals surface area (Å²) in [6.45, 7) is 4.69. The number of benzene rings is 1. The highest BCUT2D eigenvalue weighted by Gasteiger charge is 2.05. The van der Waals surface area contributed by atoms with Crippen molar-refractivity contribution >= 4 is 0 Å². The fraction of sp³-hybridized carbons (Fsp3) is 0.600. The zero-order valence-electron chi connectivity index (χ0n) is 11.5. The second kappa shape index (κ2) is 9.92. The first kappa shape index (κ1) is 15.0. The zero-order valence-corrected chi connectivity index (χ0v) is 11.5. The Labute approximate surface area is 110 Å². The maximum absolute atomic E-state index is 5.66. The van der Waals surface area contributed by atoms with Gasteiger partial charge in [0.1, 0.15) is 5.75 Å². The van der Waals surface area contributed by atoms with Crippen LogP contribution in [0.5, 0.6) is 5.75 Å². The van der Waals surface area contributed by atoms with Crippen molar-refractivity contribution in [2.75, 3.05) is 26.9 Å². The van der Waals surface area contributed by atoms with Gasteiger partial charge in [-0.25, -0.2) is 0 Å². The van der Waals surface area contributed by atoms with Gasteiger partial charge in [-0.3, -0.25) is 0 Å². The summed E-state index contributed by atoms with van der Waals surface area (Å²) in [4.78, 5) is 0. The minimum Gasteiger partial charge on any atom is -0.494 e. The molecule has 0 aliphatic carbocycles. The van der Waals surface area contributed by atoms with Crippen molar-refractivity contribution in [2.45, 2.75) is 32.2 Å². The van der Waals surface area contributed by atoms with Crippen LogP contribution in [0, 0.1) is 0 Å². The van der Waals surface area contributed by atoms with Crippen LogP contribution in [0.3, 0.4) is 0 Å². The van der Waals surface area contributed by atoms with Crippen molar-refractivity contribution in [3.05, 3.63) is 30.3 Å². The van der Waals surface area contributed by atoms with Crippen LogP contribution >= 0.6 is 0 Å². The Bertz CT molecular complexity index is 284. The third kappa shape index (κ3) is 6.62. The number of hydrogen-bond acceptors (Lipinski definition) is 3. The maximum Gasteiger partial charge on any atom is 0.119 e. The summed E-state index contributed by atoms with van der Waals surface area (Å²) in [5, 5.41) is 3.43. The number of ether oxygens (including phenoxy) is 2. The molecule has 0 saturated heterocycles. The Kier molecular flexibility index (Phi) is 8.26. The van der Waals surface area contributed by atoms with Gasteiger partial charge in [-0.05, 0) is 37.9 Å². The highest BCUT2D eigenvalue weighted by molar-refractivity contribution is 5.20. The third-order valence-electron chi connectivity index (χ3n) is 2.82. The number of nitrogens with one attached hydrogen (secondary N) is 1. The fourth-order valence-electron chi connectivity index (χ4n) is 1.93. The molecular weight excluding hydrogens is 226 g/mol. The average Bonchev–Trinajstić information content (AvgIpc) is 2.40. The molecule has 1 rings (SSSR count). The first-order chi connectivity index (χ1) is 8.86. The lowest BCUT2D eigenvalue weighted by Crippen LogP contribution is -2.32. The standard InChI is InChI=1S/C15H25NO2/c1-3-16-14(13-17-2)9-7-8-12-18-15-10-5-4-6-11-15/h4-6,10-11,14,16H,3,7-9,12-13H2,1-2H3. The normalized spacial score (nSPS) is 12.3. The van der Waals surface area contributed by atoms with Gasteiger partial charge in [0, 0.05) is 13.2 Å². The zero-order chi connectivity index (χ0) is 13.1. The lowest BCUT2D eigenvalue weighted by atomic mass is 10.1. The van der Waals surface area contributed by atoms with E-state index in [1.54, 1.807) is 7.11 Å². The van der Waals surface area contributed by atoms with Gasteiger partial charge in [0.05, 0.1) is 13.2 Å². The molecule has 0 aromatic heterocycles. The molecule has 102 valence electrons. The van der Waals surface area contributed by atoms with Gasteiger partial charge in [0.25, 0.3) is 0 Å². The molecule has 0 fully saturated rings. The van der Waals surface area contributed by atoms with E-state index in [2.05, 4.69) is 12.2 Å². The highest BCUT2D eigenvalue weighted by atomic mass is 16.5. The molecule has 3 heteroatoms. The smallest absolute Gasteiger partial charge is 0.119 e. The third-order valence-corrected chi connectivity index (χ3v) is 2.82. The van der Waals surface area contributed by atoms with E-state index in [4.69, 9.17) is 9.47 Å².